The second-order valence-electron chi connectivity index (χ2n) is 5.85. The highest BCUT2D eigenvalue weighted by atomic mass is 32.1. The standard InChI is InChI=1S/C18H22FN3OS/c19-15-3-5-16(6-4-15)21-9-11-22(12-10-21)18(23)7-8-20-14-17-2-1-13-24-17/h1-6,13,20H,7-12,14H2. The van der Waals surface area contributed by atoms with Crippen molar-refractivity contribution in [2.75, 3.05) is 37.6 Å². The molecule has 0 bridgehead atoms. The smallest absolute Gasteiger partial charge is 0.223 e. The van der Waals surface area contributed by atoms with Crippen LogP contribution in [-0.2, 0) is 11.3 Å². The van der Waals surface area contributed by atoms with Crippen LogP contribution in [0.4, 0.5) is 10.1 Å². The summed E-state index contributed by atoms with van der Waals surface area (Å²) in [6, 6.07) is 10.7. The summed E-state index contributed by atoms with van der Waals surface area (Å²) in [6.45, 7) is 4.56. The lowest BCUT2D eigenvalue weighted by Crippen LogP contribution is -2.49. The number of carbonyl (C=O) groups is 1. The Bertz CT molecular complexity index is 637. The SMILES string of the molecule is O=C(CCNCc1cccs1)N1CCN(c2ccc(F)cc2)CC1. The minimum absolute atomic E-state index is 0.201. The van der Waals surface area contributed by atoms with Crippen molar-refractivity contribution in [1.82, 2.24) is 10.2 Å². The van der Waals surface area contributed by atoms with Crippen LogP contribution in [0.15, 0.2) is 41.8 Å². The van der Waals surface area contributed by atoms with Crippen LogP contribution in [0.3, 0.4) is 0 Å². The second-order valence-corrected chi connectivity index (χ2v) is 6.88. The molecule has 3 rings (SSSR count). The summed E-state index contributed by atoms with van der Waals surface area (Å²) in [5.41, 5.74) is 1.01. The molecule has 1 aromatic heterocycles. The second kappa shape index (κ2) is 8.26. The number of nitrogens with one attached hydrogen (secondary N) is 1. The molecule has 4 nitrogen and oxygen atoms in total. The minimum Gasteiger partial charge on any atom is -0.368 e. The van der Waals surface area contributed by atoms with Crippen molar-refractivity contribution in [1.29, 1.82) is 0 Å². The lowest BCUT2D eigenvalue weighted by Gasteiger charge is -2.36. The fraction of sp³-hybridized carbons (Fsp3) is 0.389. The molecule has 1 N–H and O–H groups in total. The van der Waals surface area contributed by atoms with E-state index in [1.807, 2.05) is 11.0 Å². The van der Waals surface area contributed by atoms with Crippen molar-refractivity contribution in [2.24, 2.45) is 0 Å². The fourth-order valence-corrected chi connectivity index (χ4v) is 3.52. The Kier molecular flexibility index (Phi) is 5.82. The van der Waals surface area contributed by atoms with Gasteiger partial charge in [0.2, 0.25) is 5.91 Å². The molecule has 0 atom stereocenters. The van der Waals surface area contributed by atoms with Gasteiger partial charge in [0, 0.05) is 56.3 Å². The topological polar surface area (TPSA) is 35.6 Å². The summed E-state index contributed by atoms with van der Waals surface area (Å²) in [5.74, 6) is -0.0185. The zero-order valence-electron chi connectivity index (χ0n) is 13.6. The van der Waals surface area contributed by atoms with E-state index in [1.54, 1.807) is 23.5 Å². The Hall–Kier alpha value is -1.92. The van der Waals surface area contributed by atoms with Crippen LogP contribution in [0, 0.1) is 5.82 Å². The Morgan fingerprint density at radius 3 is 2.54 bits per heavy atom. The molecule has 2 aromatic rings. The van der Waals surface area contributed by atoms with Gasteiger partial charge >= 0.3 is 0 Å². The highest BCUT2D eigenvalue weighted by Gasteiger charge is 2.20. The third-order valence-corrected chi connectivity index (χ3v) is 5.10. The number of rotatable bonds is 6. The van der Waals surface area contributed by atoms with Crippen molar-refractivity contribution < 1.29 is 9.18 Å². The van der Waals surface area contributed by atoms with E-state index < -0.39 is 0 Å². The molecule has 24 heavy (non-hydrogen) atoms. The fourth-order valence-electron chi connectivity index (χ4n) is 2.84. The first-order valence-corrected chi connectivity index (χ1v) is 9.12. The van der Waals surface area contributed by atoms with Gasteiger partial charge in [-0.25, -0.2) is 4.39 Å². The monoisotopic (exact) mass is 347 g/mol. The molecule has 6 heteroatoms. The van der Waals surface area contributed by atoms with Gasteiger partial charge in [0.1, 0.15) is 5.82 Å². The first-order valence-electron chi connectivity index (χ1n) is 8.24. The number of benzene rings is 1. The van der Waals surface area contributed by atoms with Gasteiger partial charge in [0.15, 0.2) is 0 Å². The molecule has 2 heterocycles. The lowest BCUT2D eigenvalue weighted by molar-refractivity contribution is -0.131. The van der Waals surface area contributed by atoms with E-state index in [0.717, 1.165) is 38.4 Å². The number of nitrogens with zero attached hydrogens (tertiary/aromatic N) is 2. The summed E-state index contributed by atoms with van der Waals surface area (Å²) in [7, 11) is 0. The molecule has 1 aliphatic heterocycles. The third kappa shape index (κ3) is 4.55. The number of thiophene rings is 1. The molecule has 128 valence electrons. The highest BCUT2D eigenvalue weighted by Crippen LogP contribution is 2.17. The lowest BCUT2D eigenvalue weighted by atomic mass is 10.2. The quantitative estimate of drug-likeness (QED) is 0.816. The molecule has 1 aromatic carbocycles. The predicted octanol–water partition coefficient (Wildman–Crippen LogP) is 2.72. The maximum absolute atomic E-state index is 13.0. The van der Waals surface area contributed by atoms with E-state index in [4.69, 9.17) is 0 Å². The van der Waals surface area contributed by atoms with Crippen molar-refractivity contribution >= 4 is 22.9 Å². The van der Waals surface area contributed by atoms with Gasteiger partial charge in [-0.05, 0) is 35.7 Å². The number of amides is 1. The van der Waals surface area contributed by atoms with Crippen LogP contribution in [0.25, 0.3) is 0 Å². The van der Waals surface area contributed by atoms with Crippen molar-refractivity contribution in [3.63, 3.8) is 0 Å². The molecule has 1 aliphatic rings. The number of halogens is 1. The van der Waals surface area contributed by atoms with E-state index in [0.29, 0.717) is 13.0 Å². The van der Waals surface area contributed by atoms with Crippen molar-refractivity contribution in [2.45, 2.75) is 13.0 Å². The van der Waals surface area contributed by atoms with Gasteiger partial charge in [0.25, 0.3) is 0 Å². The number of hydrogen-bond donors (Lipinski definition) is 1. The normalized spacial score (nSPS) is 14.9. The summed E-state index contributed by atoms with van der Waals surface area (Å²) >= 11 is 1.72. The van der Waals surface area contributed by atoms with Crippen LogP contribution >= 0.6 is 11.3 Å². The molecule has 0 spiro atoms. The number of piperazine rings is 1. The van der Waals surface area contributed by atoms with E-state index in [-0.39, 0.29) is 11.7 Å². The minimum atomic E-state index is -0.220. The van der Waals surface area contributed by atoms with Gasteiger partial charge in [-0.2, -0.15) is 0 Å². The Labute approximate surface area is 145 Å². The first-order chi connectivity index (χ1) is 11.7. The number of hydrogen-bond acceptors (Lipinski definition) is 4. The molecule has 0 aliphatic carbocycles. The van der Waals surface area contributed by atoms with E-state index in [2.05, 4.69) is 21.7 Å². The van der Waals surface area contributed by atoms with Gasteiger partial charge in [0.05, 0.1) is 0 Å². The van der Waals surface area contributed by atoms with E-state index >= 15 is 0 Å². The molecular formula is C18H22FN3OS. The Morgan fingerprint density at radius 2 is 1.88 bits per heavy atom. The Morgan fingerprint density at radius 1 is 1.12 bits per heavy atom. The van der Waals surface area contributed by atoms with Crippen LogP contribution in [-0.4, -0.2) is 43.5 Å². The van der Waals surface area contributed by atoms with Gasteiger partial charge < -0.3 is 15.1 Å². The molecule has 0 unspecified atom stereocenters. The van der Waals surface area contributed by atoms with Gasteiger partial charge in [-0.1, -0.05) is 6.07 Å². The van der Waals surface area contributed by atoms with Crippen LogP contribution in [0.2, 0.25) is 0 Å². The summed E-state index contributed by atoms with van der Waals surface area (Å²) < 4.78 is 13.0. The maximum atomic E-state index is 13.0. The van der Waals surface area contributed by atoms with Crippen LogP contribution in [0.5, 0.6) is 0 Å². The first kappa shape index (κ1) is 16.9. The third-order valence-electron chi connectivity index (χ3n) is 4.22. The summed E-state index contributed by atoms with van der Waals surface area (Å²) in [4.78, 5) is 17.7. The van der Waals surface area contributed by atoms with Crippen molar-refractivity contribution in [3.05, 3.63) is 52.5 Å². The van der Waals surface area contributed by atoms with Crippen LogP contribution < -0.4 is 10.2 Å². The van der Waals surface area contributed by atoms with Crippen LogP contribution in [0.1, 0.15) is 11.3 Å². The highest BCUT2D eigenvalue weighted by molar-refractivity contribution is 7.09. The molecule has 0 saturated carbocycles. The Balaban J connectivity index is 1.37. The van der Waals surface area contributed by atoms with Gasteiger partial charge in [-0.15, -0.1) is 11.3 Å². The summed E-state index contributed by atoms with van der Waals surface area (Å²) in [6.07, 6.45) is 0.530. The largest absolute Gasteiger partial charge is 0.368 e. The number of carbonyl (C=O) groups excluding carboxylic acids is 1. The maximum Gasteiger partial charge on any atom is 0.223 e. The zero-order valence-corrected chi connectivity index (χ0v) is 14.4. The van der Waals surface area contributed by atoms with Crippen molar-refractivity contribution in [3.8, 4) is 0 Å². The summed E-state index contributed by atoms with van der Waals surface area (Å²) in [5, 5.41) is 5.37. The average Bonchev–Trinajstić information content (AvgIpc) is 3.13. The molecule has 0 radical (unpaired) electrons. The van der Waals surface area contributed by atoms with Gasteiger partial charge in [-0.3, -0.25) is 4.79 Å². The van der Waals surface area contributed by atoms with E-state index in [1.165, 1.54) is 17.0 Å². The molecule has 1 fully saturated rings. The molecule has 1 amide bonds. The number of anilines is 1. The zero-order chi connectivity index (χ0) is 16.8. The average molecular weight is 347 g/mol. The van der Waals surface area contributed by atoms with E-state index in [9.17, 15) is 9.18 Å². The molecular weight excluding hydrogens is 325 g/mol. The molecule has 1 saturated heterocycles. The predicted molar refractivity (Wildman–Crippen MR) is 95.8 cm³/mol.